The molecule has 4 N–H and O–H groups in total. The molecule has 0 radical (unpaired) electrons. The third-order valence-electron chi connectivity index (χ3n) is 7.05. The fourth-order valence-corrected chi connectivity index (χ4v) is 4.91. The van der Waals surface area contributed by atoms with Crippen LogP contribution < -0.4 is 20.7 Å². The fourth-order valence-electron chi connectivity index (χ4n) is 4.91. The number of ether oxygens (including phenoxy) is 1. The molecular formula is C28H42N4O6. The van der Waals surface area contributed by atoms with Gasteiger partial charge >= 0.3 is 5.97 Å². The zero-order valence-corrected chi connectivity index (χ0v) is 22.5. The molecule has 10 nitrogen and oxygen atoms in total. The fraction of sp³-hybridized carbons (Fsp3) is 0.643. The molecule has 2 saturated heterocycles. The van der Waals surface area contributed by atoms with E-state index >= 15 is 0 Å². The summed E-state index contributed by atoms with van der Waals surface area (Å²) in [7, 11) is 0. The van der Waals surface area contributed by atoms with Gasteiger partial charge in [-0.3, -0.25) is 19.2 Å². The Morgan fingerprint density at radius 1 is 1.13 bits per heavy atom. The molecular weight excluding hydrogens is 488 g/mol. The van der Waals surface area contributed by atoms with Crippen molar-refractivity contribution < 1.29 is 29.0 Å². The van der Waals surface area contributed by atoms with E-state index in [-0.39, 0.29) is 11.8 Å². The monoisotopic (exact) mass is 530 g/mol. The zero-order valence-electron chi connectivity index (χ0n) is 22.5. The number of nitrogens with one attached hydrogen (secondary N) is 3. The third kappa shape index (κ3) is 9.63. The van der Waals surface area contributed by atoms with E-state index in [9.17, 15) is 24.3 Å². The van der Waals surface area contributed by atoms with Crippen molar-refractivity contribution in [2.75, 3.05) is 32.8 Å². The number of aliphatic carboxylic acids is 1. The summed E-state index contributed by atoms with van der Waals surface area (Å²) in [6, 6.07) is 6.63. The highest BCUT2D eigenvalue weighted by Gasteiger charge is 2.30. The molecule has 1 aromatic carbocycles. The summed E-state index contributed by atoms with van der Waals surface area (Å²) in [5.41, 5.74) is 0.305. The van der Waals surface area contributed by atoms with Crippen molar-refractivity contribution in [2.45, 2.75) is 65.0 Å². The second-order valence-corrected chi connectivity index (χ2v) is 10.8. The van der Waals surface area contributed by atoms with Crippen molar-refractivity contribution in [1.82, 2.24) is 20.9 Å². The van der Waals surface area contributed by atoms with Gasteiger partial charge in [-0.25, -0.2) is 0 Å². The second kappa shape index (κ2) is 14.7. The van der Waals surface area contributed by atoms with Crippen LogP contribution in [0.15, 0.2) is 24.3 Å². The molecule has 0 bridgehead atoms. The molecule has 0 saturated carbocycles. The minimum absolute atomic E-state index is 0.0657. The molecule has 2 aliphatic heterocycles. The number of piperidine rings is 2. The molecule has 0 aromatic heterocycles. The maximum atomic E-state index is 13.1. The molecule has 3 rings (SSSR count). The van der Waals surface area contributed by atoms with E-state index in [4.69, 9.17) is 4.74 Å². The normalized spacial score (nSPS) is 19.0. The maximum Gasteiger partial charge on any atom is 0.307 e. The van der Waals surface area contributed by atoms with Crippen molar-refractivity contribution in [3.05, 3.63) is 29.8 Å². The number of carbonyl (C=O) groups is 4. The van der Waals surface area contributed by atoms with Gasteiger partial charge in [0.1, 0.15) is 11.9 Å². The standard InChI is InChI=1S/C28H42N4O6/c1-19(2)18-38-23-7-3-5-21(15-23)27(36)30-24(16-26(34)35)31-28(37)22-6-4-14-32(17-22)25(33)9-8-20-10-12-29-13-11-20/h3,5,7,15,19-20,22,24,29H,4,6,8-14,16-18H2,1-2H3,(H,30,36)(H,31,37)(H,34,35)/t22-,24+/m1/s1. The van der Waals surface area contributed by atoms with Gasteiger partial charge < -0.3 is 30.7 Å². The van der Waals surface area contributed by atoms with Crippen LogP contribution in [0.5, 0.6) is 5.75 Å². The SMILES string of the molecule is CC(C)COc1cccc(C(=O)N[C@H](CC(=O)O)NC(=O)[C@@H]2CCCN(C(=O)CCC3CCNCC3)C2)c1. The molecule has 2 fully saturated rings. The predicted molar refractivity (Wildman–Crippen MR) is 143 cm³/mol. The Kier molecular flexibility index (Phi) is 11.4. The third-order valence-corrected chi connectivity index (χ3v) is 7.05. The van der Waals surface area contributed by atoms with Crippen LogP contribution >= 0.6 is 0 Å². The molecule has 38 heavy (non-hydrogen) atoms. The number of carbonyl (C=O) groups excluding carboxylic acids is 3. The molecule has 1 aromatic rings. The molecule has 2 atom stereocenters. The van der Waals surface area contributed by atoms with Gasteiger partial charge in [-0.1, -0.05) is 19.9 Å². The lowest BCUT2D eigenvalue weighted by atomic mass is 9.92. The van der Waals surface area contributed by atoms with E-state index in [0.29, 0.717) is 62.1 Å². The number of hydrogen-bond acceptors (Lipinski definition) is 6. The number of likely N-dealkylation sites (tertiary alicyclic amines) is 1. The van der Waals surface area contributed by atoms with Crippen LogP contribution in [0.2, 0.25) is 0 Å². The highest BCUT2D eigenvalue weighted by atomic mass is 16.5. The van der Waals surface area contributed by atoms with E-state index in [0.717, 1.165) is 32.4 Å². The first kappa shape index (κ1) is 29.4. The Balaban J connectivity index is 1.54. The number of rotatable bonds is 12. The van der Waals surface area contributed by atoms with E-state index in [1.165, 1.54) is 0 Å². The van der Waals surface area contributed by atoms with Crippen molar-refractivity contribution >= 4 is 23.7 Å². The van der Waals surface area contributed by atoms with Crippen molar-refractivity contribution in [3.8, 4) is 5.75 Å². The first-order valence-corrected chi connectivity index (χ1v) is 13.8. The van der Waals surface area contributed by atoms with Crippen LogP contribution in [0, 0.1) is 17.8 Å². The van der Waals surface area contributed by atoms with Crippen molar-refractivity contribution in [3.63, 3.8) is 0 Å². The molecule has 10 heteroatoms. The summed E-state index contributed by atoms with van der Waals surface area (Å²) in [5, 5.41) is 18.0. The van der Waals surface area contributed by atoms with Crippen LogP contribution in [0.3, 0.4) is 0 Å². The highest BCUT2D eigenvalue weighted by molar-refractivity contribution is 5.95. The molecule has 0 unspecified atom stereocenters. The minimum Gasteiger partial charge on any atom is -0.493 e. The van der Waals surface area contributed by atoms with Crippen LogP contribution in [-0.2, 0) is 14.4 Å². The average molecular weight is 531 g/mol. The highest BCUT2D eigenvalue weighted by Crippen LogP contribution is 2.22. The topological polar surface area (TPSA) is 137 Å². The number of nitrogens with zero attached hydrogens (tertiary/aromatic N) is 1. The largest absolute Gasteiger partial charge is 0.493 e. The van der Waals surface area contributed by atoms with Gasteiger partial charge in [-0.05, 0) is 75.2 Å². The number of hydrogen-bond donors (Lipinski definition) is 4. The summed E-state index contributed by atoms with van der Waals surface area (Å²) in [5.74, 6) is -0.981. The number of benzene rings is 1. The van der Waals surface area contributed by atoms with Gasteiger partial charge in [0.2, 0.25) is 11.8 Å². The van der Waals surface area contributed by atoms with E-state index in [2.05, 4.69) is 16.0 Å². The lowest BCUT2D eigenvalue weighted by molar-refractivity contribution is -0.138. The quantitative estimate of drug-likeness (QED) is 0.305. The number of carboxylic acids is 1. The maximum absolute atomic E-state index is 13.1. The van der Waals surface area contributed by atoms with Gasteiger partial charge in [0.25, 0.3) is 5.91 Å². The Bertz CT molecular complexity index is 962. The van der Waals surface area contributed by atoms with Gasteiger partial charge in [0.05, 0.1) is 18.9 Å². The summed E-state index contributed by atoms with van der Waals surface area (Å²) < 4.78 is 5.67. The summed E-state index contributed by atoms with van der Waals surface area (Å²) in [6.45, 7) is 7.46. The molecule has 3 amide bonds. The number of carboxylic acid groups (broad SMARTS) is 1. The zero-order chi connectivity index (χ0) is 27.5. The Hall–Kier alpha value is -3.14. The van der Waals surface area contributed by atoms with Crippen LogP contribution in [-0.4, -0.2) is 72.6 Å². The lowest BCUT2D eigenvalue weighted by Gasteiger charge is -2.33. The van der Waals surface area contributed by atoms with E-state index < -0.39 is 30.4 Å². The van der Waals surface area contributed by atoms with Gasteiger partial charge in [-0.15, -0.1) is 0 Å². The average Bonchev–Trinajstić information content (AvgIpc) is 2.91. The van der Waals surface area contributed by atoms with Gasteiger partial charge in [0.15, 0.2) is 0 Å². The summed E-state index contributed by atoms with van der Waals surface area (Å²) in [6.07, 6.45) is 3.28. The van der Waals surface area contributed by atoms with E-state index in [1.807, 2.05) is 13.8 Å². The molecule has 210 valence electrons. The first-order valence-electron chi connectivity index (χ1n) is 13.8. The smallest absolute Gasteiger partial charge is 0.307 e. The summed E-state index contributed by atoms with van der Waals surface area (Å²) >= 11 is 0. The summed E-state index contributed by atoms with van der Waals surface area (Å²) in [4.78, 5) is 52.0. The van der Waals surface area contributed by atoms with Crippen LogP contribution in [0.25, 0.3) is 0 Å². The Morgan fingerprint density at radius 3 is 2.61 bits per heavy atom. The second-order valence-electron chi connectivity index (χ2n) is 10.8. The van der Waals surface area contributed by atoms with E-state index in [1.54, 1.807) is 29.2 Å². The van der Waals surface area contributed by atoms with Gasteiger partial charge in [0, 0.05) is 25.1 Å². The van der Waals surface area contributed by atoms with Crippen LogP contribution in [0.4, 0.5) is 0 Å². The van der Waals surface area contributed by atoms with Crippen molar-refractivity contribution in [2.24, 2.45) is 17.8 Å². The molecule has 0 aliphatic carbocycles. The van der Waals surface area contributed by atoms with Crippen molar-refractivity contribution in [1.29, 1.82) is 0 Å². The Labute approximate surface area is 224 Å². The predicted octanol–water partition coefficient (Wildman–Crippen LogP) is 2.39. The minimum atomic E-state index is -1.15. The first-order chi connectivity index (χ1) is 18.2. The van der Waals surface area contributed by atoms with Crippen LogP contribution in [0.1, 0.15) is 69.2 Å². The number of amides is 3. The molecule has 2 heterocycles. The Morgan fingerprint density at radius 2 is 1.89 bits per heavy atom. The molecule has 2 aliphatic rings. The molecule has 0 spiro atoms. The lowest BCUT2D eigenvalue weighted by Crippen LogP contribution is -2.53. The van der Waals surface area contributed by atoms with Gasteiger partial charge in [-0.2, -0.15) is 0 Å².